The molecule has 0 radical (unpaired) electrons. The maximum Gasteiger partial charge on any atom is 0.0852 e. The normalized spacial score (nSPS) is 28.7. The lowest BCUT2D eigenvalue weighted by molar-refractivity contribution is -0.0370. The molecule has 0 aromatic carbocycles. The zero-order valence-corrected chi connectivity index (χ0v) is 12.8. The van der Waals surface area contributed by atoms with Crippen LogP contribution in [0.25, 0.3) is 0 Å². The summed E-state index contributed by atoms with van der Waals surface area (Å²) in [5.41, 5.74) is 0. The van der Waals surface area contributed by atoms with Gasteiger partial charge in [-0.3, -0.25) is 9.80 Å². The van der Waals surface area contributed by atoms with Gasteiger partial charge in [0.05, 0.1) is 12.7 Å². The van der Waals surface area contributed by atoms with E-state index in [1.54, 1.807) is 0 Å². The monoisotopic (exact) mass is 270 g/mol. The van der Waals surface area contributed by atoms with Crippen LogP contribution in [0.5, 0.6) is 0 Å². The number of rotatable bonds is 5. The molecule has 19 heavy (non-hydrogen) atoms. The van der Waals surface area contributed by atoms with E-state index in [9.17, 15) is 0 Å². The van der Waals surface area contributed by atoms with Crippen LogP contribution in [-0.2, 0) is 4.74 Å². The van der Waals surface area contributed by atoms with Crippen LogP contribution in [0.2, 0.25) is 0 Å². The molecule has 2 atom stereocenters. The molecule has 0 aliphatic carbocycles. The highest BCUT2D eigenvalue weighted by Gasteiger charge is 2.28. The Labute approximate surface area is 117 Å². The van der Waals surface area contributed by atoms with E-state index >= 15 is 0 Å². The third-order valence-electron chi connectivity index (χ3n) is 4.34. The van der Waals surface area contributed by atoms with Crippen LogP contribution < -0.4 is 5.32 Å². The summed E-state index contributed by atoms with van der Waals surface area (Å²) in [7, 11) is 4.29. The van der Waals surface area contributed by atoms with Gasteiger partial charge >= 0.3 is 0 Å². The molecule has 2 heterocycles. The highest BCUT2D eigenvalue weighted by molar-refractivity contribution is 4.84. The SMILES string of the molecule is CC(C1CNCCO1)N1CCN(CCN(C)C)CC1. The molecule has 0 bridgehead atoms. The van der Waals surface area contributed by atoms with Crippen molar-refractivity contribution in [3.63, 3.8) is 0 Å². The first-order valence-corrected chi connectivity index (χ1v) is 7.60. The number of nitrogens with zero attached hydrogens (tertiary/aromatic N) is 3. The highest BCUT2D eigenvalue weighted by Crippen LogP contribution is 2.12. The molecule has 0 saturated carbocycles. The molecular weight excluding hydrogens is 240 g/mol. The van der Waals surface area contributed by atoms with E-state index in [4.69, 9.17) is 4.74 Å². The molecule has 1 N–H and O–H groups in total. The zero-order chi connectivity index (χ0) is 13.7. The molecule has 2 rings (SSSR count). The van der Waals surface area contributed by atoms with Crippen LogP contribution in [0.15, 0.2) is 0 Å². The maximum absolute atomic E-state index is 5.87. The summed E-state index contributed by atoms with van der Waals surface area (Å²) in [4.78, 5) is 7.42. The fraction of sp³-hybridized carbons (Fsp3) is 1.00. The minimum Gasteiger partial charge on any atom is -0.374 e. The van der Waals surface area contributed by atoms with Gasteiger partial charge in [0.15, 0.2) is 0 Å². The Morgan fingerprint density at radius 1 is 1.26 bits per heavy atom. The van der Waals surface area contributed by atoms with Gasteiger partial charge in [0.2, 0.25) is 0 Å². The van der Waals surface area contributed by atoms with Gasteiger partial charge in [0.1, 0.15) is 0 Å². The molecule has 0 aromatic rings. The molecule has 0 spiro atoms. The van der Waals surface area contributed by atoms with Crippen molar-refractivity contribution in [2.45, 2.75) is 19.1 Å². The van der Waals surface area contributed by atoms with Crippen LogP contribution in [0.3, 0.4) is 0 Å². The summed E-state index contributed by atoms with van der Waals surface area (Å²) in [6.07, 6.45) is 0.363. The van der Waals surface area contributed by atoms with Crippen molar-refractivity contribution < 1.29 is 4.74 Å². The van der Waals surface area contributed by atoms with Gasteiger partial charge in [0, 0.05) is 58.4 Å². The van der Waals surface area contributed by atoms with Crippen molar-refractivity contribution in [3.05, 3.63) is 0 Å². The van der Waals surface area contributed by atoms with E-state index in [-0.39, 0.29) is 0 Å². The predicted octanol–water partition coefficient (Wildman–Crippen LogP) is -0.457. The summed E-state index contributed by atoms with van der Waals surface area (Å²) < 4.78 is 5.87. The quantitative estimate of drug-likeness (QED) is 0.731. The Morgan fingerprint density at radius 2 is 2.00 bits per heavy atom. The van der Waals surface area contributed by atoms with Crippen LogP contribution in [0, 0.1) is 0 Å². The van der Waals surface area contributed by atoms with E-state index in [0.29, 0.717) is 12.1 Å². The van der Waals surface area contributed by atoms with E-state index < -0.39 is 0 Å². The summed E-state index contributed by atoms with van der Waals surface area (Å²) in [5, 5.41) is 3.43. The number of morpholine rings is 1. The van der Waals surface area contributed by atoms with Gasteiger partial charge in [-0.2, -0.15) is 0 Å². The number of hydrogen-bond donors (Lipinski definition) is 1. The third-order valence-corrected chi connectivity index (χ3v) is 4.34. The Balaban J connectivity index is 1.69. The first-order valence-electron chi connectivity index (χ1n) is 7.60. The molecular formula is C14H30N4O. The standard InChI is InChI=1S/C14H30N4O/c1-13(14-12-15-4-11-19-14)18-9-7-17(8-10-18)6-5-16(2)3/h13-15H,4-12H2,1-3H3. The van der Waals surface area contributed by atoms with E-state index in [0.717, 1.165) is 26.2 Å². The zero-order valence-electron chi connectivity index (χ0n) is 12.8. The Hall–Kier alpha value is -0.200. The average Bonchev–Trinajstić information content (AvgIpc) is 2.46. The second-order valence-electron chi connectivity index (χ2n) is 6.03. The molecule has 0 aromatic heterocycles. The van der Waals surface area contributed by atoms with E-state index in [1.807, 2.05) is 0 Å². The van der Waals surface area contributed by atoms with Crippen LogP contribution in [0.4, 0.5) is 0 Å². The Morgan fingerprint density at radius 3 is 2.58 bits per heavy atom. The van der Waals surface area contributed by atoms with Gasteiger partial charge in [-0.05, 0) is 21.0 Å². The Kier molecular flexibility index (Phi) is 6.04. The molecule has 112 valence electrons. The molecule has 2 saturated heterocycles. The Bertz CT molecular complexity index is 248. The van der Waals surface area contributed by atoms with Gasteiger partial charge in [0.25, 0.3) is 0 Å². The number of ether oxygens (including phenoxy) is 1. The summed E-state index contributed by atoms with van der Waals surface area (Å²) in [6.45, 7) is 12.3. The number of piperazine rings is 1. The maximum atomic E-state index is 5.87. The predicted molar refractivity (Wildman–Crippen MR) is 78.6 cm³/mol. The lowest BCUT2D eigenvalue weighted by Crippen LogP contribution is -2.56. The topological polar surface area (TPSA) is 31.0 Å². The highest BCUT2D eigenvalue weighted by atomic mass is 16.5. The fourth-order valence-corrected chi connectivity index (χ4v) is 2.87. The molecule has 2 aliphatic rings. The molecule has 2 aliphatic heterocycles. The van der Waals surface area contributed by atoms with Gasteiger partial charge in [-0.1, -0.05) is 0 Å². The fourth-order valence-electron chi connectivity index (χ4n) is 2.87. The largest absolute Gasteiger partial charge is 0.374 e. The molecule has 5 heteroatoms. The molecule has 5 nitrogen and oxygen atoms in total. The van der Waals surface area contributed by atoms with E-state index in [1.165, 1.54) is 32.7 Å². The van der Waals surface area contributed by atoms with Crippen molar-refractivity contribution >= 4 is 0 Å². The van der Waals surface area contributed by atoms with Crippen molar-refractivity contribution in [2.75, 3.05) is 73.1 Å². The number of hydrogen-bond acceptors (Lipinski definition) is 5. The summed E-state index contributed by atoms with van der Waals surface area (Å²) in [5.74, 6) is 0. The van der Waals surface area contributed by atoms with Crippen LogP contribution in [-0.4, -0.2) is 99.9 Å². The van der Waals surface area contributed by atoms with Crippen molar-refractivity contribution in [1.82, 2.24) is 20.0 Å². The smallest absolute Gasteiger partial charge is 0.0852 e. The summed E-state index contributed by atoms with van der Waals surface area (Å²) >= 11 is 0. The molecule has 2 fully saturated rings. The van der Waals surface area contributed by atoms with Crippen LogP contribution >= 0.6 is 0 Å². The first kappa shape index (κ1) is 15.2. The molecule has 0 amide bonds. The molecule has 2 unspecified atom stereocenters. The van der Waals surface area contributed by atoms with Crippen LogP contribution in [0.1, 0.15) is 6.92 Å². The lowest BCUT2D eigenvalue weighted by Gasteiger charge is -2.41. The minimum atomic E-state index is 0.363. The number of likely N-dealkylation sites (N-methyl/N-ethyl adjacent to an activating group) is 1. The summed E-state index contributed by atoms with van der Waals surface area (Å²) in [6, 6.07) is 0.531. The van der Waals surface area contributed by atoms with Gasteiger partial charge < -0.3 is 15.0 Å². The first-order chi connectivity index (χ1) is 9.16. The lowest BCUT2D eigenvalue weighted by atomic mass is 10.1. The van der Waals surface area contributed by atoms with Crippen molar-refractivity contribution in [2.24, 2.45) is 0 Å². The minimum absolute atomic E-state index is 0.363. The second-order valence-corrected chi connectivity index (χ2v) is 6.03. The van der Waals surface area contributed by atoms with Crippen molar-refractivity contribution in [3.8, 4) is 0 Å². The van der Waals surface area contributed by atoms with Crippen molar-refractivity contribution in [1.29, 1.82) is 0 Å². The second kappa shape index (κ2) is 7.55. The van der Waals surface area contributed by atoms with E-state index in [2.05, 4.69) is 41.0 Å². The van der Waals surface area contributed by atoms with Gasteiger partial charge in [-0.25, -0.2) is 0 Å². The average molecular weight is 270 g/mol. The van der Waals surface area contributed by atoms with Gasteiger partial charge in [-0.15, -0.1) is 0 Å². The third kappa shape index (κ3) is 4.68. The number of nitrogens with one attached hydrogen (secondary N) is 1.